The first-order chi connectivity index (χ1) is 11.0. The highest BCUT2D eigenvalue weighted by Gasteiger charge is 2.07. The predicted octanol–water partition coefficient (Wildman–Crippen LogP) is -1.83. The third-order valence-corrected chi connectivity index (χ3v) is 3.41. The molecule has 2 amide bonds. The first-order valence-electron chi connectivity index (χ1n) is 8.31. The highest BCUT2D eigenvalue weighted by Crippen LogP contribution is 1.95. The van der Waals surface area contributed by atoms with Crippen molar-refractivity contribution in [2.75, 3.05) is 66.5 Å². The van der Waals surface area contributed by atoms with E-state index in [1.165, 1.54) is 4.90 Å². The van der Waals surface area contributed by atoms with Gasteiger partial charge in [-0.05, 0) is 58.5 Å². The molecule has 0 unspecified atom stereocenters. The minimum Gasteiger partial charge on any atom is -0.347 e. The molecule has 0 fully saturated rings. The molecule has 0 saturated carbocycles. The molecule has 0 aliphatic rings. The summed E-state index contributed by atoms with van der Waals surface area (Å²) in [5, 5.41) is 5.68. The number of carbonyl (C=O) groups excluding carboxylic acids is 2. The van der Waals surface area contributed by atoms with E-state index >= 15 is 0 Å². The number of nitrogens with one attached hydrogen (secondary N) is 2. The molecule has 23 heavy (non-hydrogen) atoms. The Bertz CT molecular complexity index is 317. The first-order valence-corrected chi connectivity index (χ1v) is 8.31. The number of rotatable bonds is 14. The van der Waals surface area contributed by atoms with Crippen LogP contribution in [0.3, 0.4) is 0 Å². The number of nitrogens with two attached hydrogens (primary N) is 2. The predicted molar refractivity (Wildman–Crippen MR) is 93.0 cm³/mol. The molecule has 0 spiro atoms. The van der Waals surface area contributed by atoms with Gasteiger partial charge in [-0.25, -0.2) is 0 Å². The molecule has 6 N–H and O–H groups in total. The Labute approximate surface area is 139 Å². The van der Waals surface area contributed by atoms with Gasteiger partial charge in [0.15, 0.2) is 0 Å². The molecule has 0 aliphatic heterocycles. The van der Waals surface area contributed by atoms with Crippen LogP contribution in [0.5, 0.6) is 0 Å². The SMILES string of the molecule is CN(C)C(=O)CNC(=O)CNCCCN(CCCN)CCCN. The molecule has 0 heterocycles. The lowest BCUT2D eigenvalue weighted by Crippen LogP contribution is -2.40. The Hall–Kier alpha value is -1.22. The molecule has 0 rings (SSSR count). The van der Waals surface area contributed by atoms with Gasteiger partial charge in [-0.2, -0.15) is 0 Å². The zero-order valence-electron chi connectivity index (χ0n) is 14.6. The van der Waals surface area contributed by atoms with E-state index < -0.39 is 0 Å². The summed E-state index contributed by atoms with van der Waals surface area (Å²) in [7, 11) is 3.32. The van der Waals surface area contributed by atoms with Crippen LogP contribution in [0.4, 0.5) is 0 Å². The highest BCUT2D eigenvalue weighted by atomic mass is 16.2. The van der Waals surface area contributed by atoms with E-state index in [1.54, 1.807) is 14.1 Å². The number of hydrogen-bond acceptors (Lipinski definition) is 6. The van der Waals surface area contributed by atoms with Gasteiger partial charge in [-0.15, -0.1) is 0 Å². The van der Waals surface area contributed by atoms with Gasteiger partial charge in [-0.1, -0.05) is 0 Å². The summed E-state index contributed by atoms with van der Waals surface area (Å²) in [6.45, 7) is 5.37. The van der Waals surface area contributed by atoms with Crippen molar-refractivity contribution in [2.24, 2.45) is 11.5 Å². The van der Waals surface area contributed by atoms with Gasteiger partial charge in [0.2, 0.25) is 11.8 Å². The summed E-state index contributed by atoms with van der Waals surface area (Å²) in [4.78, 5) is 26.7. The largest absolute Gasteiger partial charge is 0.347 e. The van der Waals surface area contributed by atoms with Crippen molar-refractivity contribution in [1.82, 2.24) is 20.4 Å². The number of carbonyl (C=O) groups is 2. The standard InChI is InChI=1S/C15H34N6O2/c1-20(2)15(23)13-19-14(22)12-18-8-5-11-21(9-3-6-16)10-4-7-17/h18H,3-13,16-17H2,1-2H3,(H,19,22). The van der Waals surface area contributed by atoms with Gasteiger partial charge >= 0.3 is 0 Å². The molecule has 0 bridgehead atoms. The van der Waals surface area contributed by atoms with Gasteiger partial charge in [0, 0.05) is 14.1 Å². The van der Waals surface area contributed by atoms with Gasteiger partial charge < -0.3 is 31.9 Å². The molecule has 8 nitrogen and oxygen atoms in total. The molecule has 8 heteroatoms. The average molecular weight is 330 g/mol. The van der Waals surface area contributed by atoms with Crippen molar-refractivity contribution < 1.29 is 9.59 Å². The second-order valence-corrected chi connectivity index (χ2v) is 5.72. The lowest BCUT2D eigenvalue weighted by Gasteiger charge is -2.21. The molecule has 0 aromatic carbocycles. The molecule has 0 aromatic heterocycles. The summed E-state index contributed by atoms with van der Waals surface area (Å²) in [6, 6.07) is 0. The van der Waals surface area contributed by atoms with E-state index in [1.807, 2.05) is 0 Å². The van der Waals surface area contributed by atoms with E-state index in [2.05, 4.69) is 15.5 Å². The van der Waals surface area contributed by atoms with Crippen molar-refractivity contribution in [1.29, 1.82) is 0 Å². The zero-order valence-corrected chi connectivity index (χ0v) is 14.6. The van der Waals surface area contributed by atoms with E-state index in [0.717, 1.165) is 45.4 Å². The molecular weight excluding hydrogens is 296 g/mol. The molecule has 0 saturated heterocycles. The second-order valence-electron chi connectivity index (χ2n) is 5.72. The van der Waals surface area contributed by atoms with Crippen LogP contribution in [-0.4, -0.2) is 88.1 Å². The van der Waals surface area contributed by atoms with Crippen LogP contribution in [0.15, 0.2) is 0 Å². The molecule has 0 atom stereocenters. The number of likely N-dealkylation sites (N-methyl/N-ethyl adjacent to an activating group) is 1. The van der Waals surface area contributed by atoms with E-state index in [-0.39, 0.29) is 24.9 Å². The molecule has 0 radical (unpaired) electrons. The monoisotopic (exact) mass is 330 g/mol. The summed E-state index contributed by atoms with van der Waals surface area (Å²) < 4.78 is 0. The van der Waals surface area contributed by atoms with Crippen LogP contribution in [0.25, 0.3) is 0 Å². The molecule has 0 aliphatic carbocycles. The summed E-state index contributed by atoms with van der Waals surface area (Å²) in [5.74, 6) is -0.280. The summed E-state index contributed by atoms with van der Waals surface area (Å²) in [5.41, 5.74) is 11.1. The third-order valence-electron chi connectivity index (χ3n) is 3.41. The number of amides is 2. The normalized spacial score (nSPS) is 10.8. The van der Waals surface area contributed by atoms with Crippen molar-refractivity contribution in [3.05, 3.63) is 0 Å². The van der Waals surface area contributed by atoms with E-state index in [4.69, 9.17) is 11.5 Å². The Kier molecular flexibility index (Phi) is 13.6. The lowest BCUT2D eigenvalue weighted by molar-refractivity contribution is -0.130. The fourth-order valence-corrected chi connectivity index (χ4v) is 1.99. The molecule has 136 valence electrons. The third kappa shape index (κ3) is 13.0. The lowest BCUT2D eigenvalue weighted by atomic mass is 10.3. The van der Waals surface area contributed by atoms with Crippen LogP contribution in [0, 0.1) is 0 Å². The van der Waals surface area contributed by atoms with E-state index in [0.29, 0.717) is 13.1 Å². The maximum Gasteiger partial charge on any atom is 0.241 e. The maximum atomic E-state index is 11.6. The Morgan fingerprint density at radius 2 is 1.48 bits per heavy atom. The van der Waals surface area contributed by atoms with Gasteiger partial charge in [0.25, 0.3) is 0 Å². The topological polar surface area (TPSA) is 117 Å². The van der Waals surface area contributed by atoms with Crippen LogP contribution in [0.1, 0.15) is 19.3 Å². The fourth-order valence-electron chi connectivity index (χ4n) is 1.99. The van der Waals surface area contributed by atoms with Crippen molar-refractivity contribution in [2.45, 2.75) is 19.3 Å². The van der Waals surface area contributed by atoms with Crippen molar-refractivity contribution in [3.8, 4) is 0 Å². The summed E-state index contributed by atoms with van der Waals surface area (Å²) >= 11 is 0. The quantitative estimate of drug-likeness (QED) is 0.278. The molecular formula is C15H34N6O2. The van der Waals surface area contributed by atoms with Gasteiger partial charge in [-0.3, -0.25) is 9.59 Å². The van der Waals surface area contributed by atoms with Crippen LogP contribution in [-0.2, 0) is 9.59 Å². The second kappa shape index (κ2) is 14.4. The first kappa shape index (κ1) is 21.8. The molecule has 0 aromatic rings. The van der Waals surface area contributed by atoms with E-state index in [9.17, 15) is 9.59 Å². The van der Waals surface area contributed by atoms with Gasteiger partial charge in [0.05, 0.1) is 13.1 Å². The Balaban J connectivity index is 3.71. The van der Waals surface area contributed by atoms with Crippen LogP contribution < -0.4 is 22.1 Å². The van der Waals surface area contributed by atoms with Crippen molar-refractivity contribution in [3.63, 3.8) is 0 Å². The number of hydrogen-bond donors (Lipinski definition) is 4. The van der Waals surface area contributed by atoms with Crippen LogP contribution in [0.2, 0.25) is 0 Å². The zero-order chi connectivity index (χ0) is 17.5. The van der Waals surface area contributed by atoms with Crippen LogP contribution >= 0.6 is 0 Å². The maximum absolute atomic E-state index is 11.6. The minimum absolute atomic E-state index is 0.0411. The minimum atomic E-state index is -0.164. The Morgan fingerprint density at radius 3 is 2.00 bits per heavy atom. The Morgan fingerprint density at radius 1 is 0.913 bits per heavy atom. The average Bonchev–Trinajstić information content (AvgIpc) is 2.53. The highest BCUT2D eigenvalue weighted by molar-refractivity contribution is 5.85. The fraction of sp³-hybridized carbons (Fsp3) is 0.867. The smallest absolute Gasteiger partial charge is 0.241 e. The van der Waals surface area contributed by atoms with Crippen molar-refractivity contribution >= 4 is 11.8 Å². The number of nitrogens with zero attached hydrogens (tertiary/aromatic N) is 2. The van der Waals surface area contributed by atoms with Gasteiger partial charge in [0.1, 0.15) is 0 Å². The summed E-state index contributed by atoms with van der Waals surface area (Å²) in [6.07, 6.45) is 2.93.